The number of nitrogens with two attached hydrogens (primary N) is 1. The van der Waals surface area contributed by atoms with Crippen molar-refractivity contribution in [2.24, 2.45) is 5.73 Å². The Hall–Kier alpha value is -0.860. The summed E-state index contributed by atoms with van der Waals surface area (Å²) in [5, 5.41) is 0. The number of nitrogens with zero attached hydrogens (tertiary/aromatic N) is 1. The molecule has 1 unspecified atom stereocenters. The Bertz CT molecular complexity index is 388. The summed E-state index contributed by atoms with van der Waals surface area (Å²) in [5.74, 6) is 0.588. The highest BCUT2D eigenvalue weighted by Crippen LogP contribution is 2.27. The highest BCUT2D eigenvalue weighted by molar-refractivity contribution is 5.25. The van der Waals surface area contributed by atoms with Gasteiger partial charge in [-0.25, -0.2) is 0 Å². The Morgan fingerprint density at radius 1 is 1.05 bits per heavy atom. The molecule has 1 rings (SSSR count). The van der Waals surface area contributed by atoms with Crippen molar-refractivity contribution in [3.05, 3.63) is 35.4 Å². The molecule has 2 heteroatoms. The lowest BCUT2D eigenvalue weighted by Gasteiger charge is -2.43. The third-order valence-corrected chi connectivity index (χ3v) is 4.91. The van der Waals surface area contributed by atoms with Crippen LogP contribution in [-0.4, -0.2) is 30.6 Å². The molecule has 0 aliphatic rings. The van der Waals surface area contributed by atoms with Gasteiger partial charge < -0.3 is 10.6 Å². The minimum atomic E-state index is 0.0940. The van der Waals surface area contributed by atoms with E-state index in [-0.39, 0.29) is 11.6 Å². The van der Waals surface area contributed by atoms with E-state index in [4.69, 9.17) is 5.73 Å². The maximum absolute atomic E-state index is 6.56. The molecule has 0 bridgehead atoms. The summed E-state index contributed by atoms with van der Waals surface area (Å²) >= 11 is 0. The summed E-state index contributed by atoms with van der Waals surface area (Å²) in [6.07, 6.45) is 3.11. The monoisotopic (exact) mass is 276 g/mol. The number of hydrogen-bond donors (Lipinski definition) is 1. The SMILES string of the molecule is CCC(CC)(C(N)Cc1ccc(C(C)C)cc1)N(C)C. The fourth-order valence-corrected chi connectivity index (χ4v) is 3.22. The molecule has 1 aromatic carbocycles. The summed E-state index contributed by atoms with van der Waals surface area (Å²) in [5.41, 5.74) is 9.40. The Morgan fingerprint density at radius 2 is 1.55 bits per heavy atom. The fraction of sp³-hybridized carbons (Fsp3) is 0.667. The van der Waals surface area contributed by atoms with Crippen LogP contribution in [0.5, 0.6) is 0 Å². The number of likely N-dealkylation sites (N-methyl/N-ethyl adjacent to an activating group) is 1. The first-order chi connectivity index (χ1) is 9.37. The molecule has 114 valence electrons. The van der Waals surface area contributed by atoms with Crippen LogP contribution in [0.25, 0.3) is 0 Å². The summed E-state index contributed by atoms with van der Waals surface area (Å²) in [4.78, 5) is 2.31. The zero-order valence-corrected chi connectivity index (χ0v) is 14.1. The van der Waals surface area contributed by atoms with Crippen LogP contribution >= 0.6 is 0 Å². The van der Waals surface area contributed by atoms with Crippen LogP contribution in [0.2, 0.25) is 0 Å². The normalized spacial score (nSPS) is 14.1. The summed E-state index contributed by atoms with van der Waals surface area (Å²) in [6.45, 7) is 8.94. The van der Waals surface area contributed by atoms with Crippen LogP contribution in [0.15, 0.2) is 24.3 Å². The second kappa shape index (κ2) is 7.24. The first kappa shape index (κ1) is 17.2. The number of rotatable bonds is 7. The van der Waals surface area contributed by atoms with Crippen LogP contribution < -0.4 is 5.73 Å². The molecule has 0 saturated heterocycles. The average Bonchev–Trinajstić information content (AvgIpc) is 2.41. The van der Waals surface area contributed by atoms with Crippen molar-refractivity contribution in [1.82, 2.24) is 4.90 Å². The predicted molar refractivity (Wildman–Crippen MR) is 89.2 cm³/mol. The fourth-order valence-electron chi connectivity index (χ4n) is 3.22. The lowest BCUT2D eigenvalue weighted by atomic mass is 9.80. The van der Waals surface area contributed by atoms with Crippen LogP contribution in [0.3, 0.4) is 0 Å². The van der Waals surface area contributed by atoms with Crippen molar-refractivity contribution in [3.8, 4) is 0 Å². The minimum absolute atomic E-state index is 0.0940. The smallest absolute Gasteiger partial charge is 0.0352 e. The van der Waals surface area contributed by atoms with Crippen molar-refractivity contribution in [2.45, 2.75) is 64.5 Å². The van der Waals surface area contributed by atoms with Crippen LogP contribution in [0.4, 0.5) is 0 Å². The van der Waals surface area contributed by atoms with Crippen LogP contribution in [0.1, 0.15) is 57.6 Å². The molecule has 0 spiro atoms. The van der Waals surface area contributed by atoms with Crippen molar-refractivity contribution in [1.29, 1.82) is 0 Å². The molecule has 0 heterocycles. The molecule has 2 N–H and O–H groups in total. The highest BCUT2D eigenvalue weighted by atomic mass is 15.2. The zero-order valence-electron chi connectivity index (χ0n) is 14.1. The van der Waals surface area contributed by atoms with E-state index < -0.39 is 0 Å². The van der Waals surface area contributed by atoms with Gasteiger partial charge in [0.1, 0.15) is 0 Å². The van der Waals surface area contributed by atoms with E-state index in [1.807, 2.05) is 0 Å². The van der Waals surface area contributed by atoms with Gasteiger partial charge in [0, 0.05) is 11.6 Å². The minimum Gasteiger partial charge on any atom is -0.326 e. The molecule has 0 aromatic heterocycles. The molecule has 0 fully saturated rings. The summed E-state index contributed by atoms with van der Waals surface area (Å²) in [6, 6.07) is 9.11. The molecule has 20 heavy (non-hydrogen) atoms. The van der Waals surface area contributed by atoms with Crippen molar-refractivity contribution in [3.63, 3.8) is 0 Å². The third-order valence-electron chi connectivity index (χ3n) is 4.91. The predicted octanol–water partition coefficient (Wildman–Crippen LogP) is 3.80. The highest BCUT2D eigenvalue weighted by Gasteiger charge is 2.35. The lowest BCUT2D eigenvalue weighted by Crippen LogP contribution is -2.57. The number of benzene rings is 1. The second-order valence-electron chi connectivity index (χ2n) is 6.41. The number of hydrogen-bond acceptors (Lipinski definition) is 2. The van der Waals surface area contributed by atoms with E-state index in [0.29, 0.717) is 5.92 Å². The van der Waals surface area contributed by atoms with Crippen molar-refractivity contribution < 1.29 is 0 Å². The van der Waals surface area contributed by atoms with E-state index >= 15 is 0 Å². The Labute approximate surface area is 125 Å². The molecule has 1 aromatic rings. The molecule has 0 amide bonds. The second-order valence-corrected chi connectivity index (χ2v) is 6.41. The van der Waals surface area contributed by atoms with Gasteiger partial charge in [-0.3, -0.25) is 0 Å². The standard InChI is InChI=1S/C18H32N2/c1-7-18(8-2,20(5)6)17(19)13-15-9-11-16(12-10-15)14(3)4/h9-12,14,17H,7-8,13,19H2,1-6H3. The van der Waals surface area contributed by atoms with E-state index in [1.165, 1.54) is 11.1 Å². The molecule has 1 atom stereocenters. The van der Waals surface area contributed by atoms with Crippen LogP contribution in [-0.2, 0) is 6.42 Å². The zero-order chi connectivity index (χ0) is 15.3. The molecule has 0 saturated carbocycles. The third kappa shape index (κ3) is 3.62. The van der Waals surface area contributed by atoms with Gasteiger partial charge in [-0.05, 0) is 50.4 Å². The lowest BCUT2D eigenvalue weighted by molar-refractivity contribution is 0.105. The Balaban J connectivity index is 2.85. The van der Waals surface area contributed by atoms with E-state index in [0.717, 1.165) is 19.3 Å². The molecule has 0 aliphatic carbocycles. The maximum atomic E-state index is 6.56. The van der Waals surface area contributed by atoms with Crippen molar-refractivity contribution >= 4 is 0 Å². The van der Waals surface area contributed by atoms with Gasteiger partial charge in [0.25, 0.3) is 0 Å². The molecular weight excluding hydrogens is 244 g/mol. The maximum Gasteiger partial charge on any atom is 0.0352 e. The summed E-state index contributed by atoms with van der Waals surface area (Å²) in [7, 11) is 4.30. The largest absolute Gasteiger partial charge is 0.326 e. The Morgan fingerprint density at radius 3 is 1.90 bits per heavy atom. The Kier molecular flexibility index (Phi) is 6.22. The first-order valence-electron chi connectivity index (χ1n) is 7.89. The molecule has 2 nitrogen and oxygen atoms in total. The van der Waals surface area contributed by atoms with Gasteiger partial charge in [0.05, 0.1) is 0 Å². The van der Waals surface area contributed by atoms with E-state index in [9.17, 15) is 0 Å². The first-order valence-corrected chi connectivity index (χ1v) is 7.89. The quantitative estimate of drug-likeness (QED) is 0.821. The average molecular weight is 276 g/mol. The van der Waals surface area contributed by atoms with E-state index in [1.54, 1.807) is 0 Å². The van der Waals surface area contributed by atoms with Gasteiger partial charge >= 0.3 is 0 Å². The topological polar surface area (TPSA) is 29.3 Å². The van der Waals surface area contributed by atoms with Crippen molar-refractivity contribution in [2.75, 3.05) is 14.1 Å². The van der Waals surface area contributed by atoms with Gasteiger partial charge in [0.15, 0.2) is 0 Å². The van der Waals surface area contributed by atoms with E-state index in [2.05, 4.69) is 71.0 Å². The van der Waals surface area contributed by atoms with Gasteiger partial charge in [-0.1, -0.05) is 52.0 Å². The van der Waals surface area contributed by atoms with Gasteiger partial charge in [-0.15, -0.1) is 0 Å². The summed E-state index contributed by atoms with van der Waals surface area (Å²) < 4.78 is 0. The van der Waals surface area contributed by atoms with Crippen LogP contribution in [0, 0.1) is 0 Å². The van der Waals surface area contributed by atoms with Gasteiger partial charge in [-0.2, -0.15) is 0 Å². The molecule has 0 radical (unpaired) electrons. The molecular formula is C18H32N2. The molecule has 0 aliphatic heterocycles. The van der Waals surface area contributed by atoms with Gasteiger partial charge in [0.2, 0.25) is 0 Å².